The Kier molecular flexibility index (Phi) is 5.00. The summed E-state index contributed by atoms with van der Waals surface area (Å²) in [7, 11) is 0. The monoisotopic (exact) mass is 194 g/mol. The highest BCUT2D eigenvalue weighted by molar-refractivity contribution is 4.95. The first-order chi connectivity index (χ1) is 6.74. The first kappa shape index (κ1) is 11.6. The Morgan fingerprint density at radius 3 is 3.00 bits per heavy atom. The van der Waals surface area contributed by atoms with Crippen LogP contribution in [0.25, 0.3) is 0 Å². The summed E-state index contributed by atoms with van der Waals surface area (Å²) in [6.45, 7) is 7.54. The minimum Gasteiger partial charge on any atom is -0.328 e. The van der Waals surface area contributed by atoms with Gasteiger partial charge < -0.3 is 10.6 Å². The van der Waals surface area contributed by atoms with Gasteiger partial charge in [0.25, 0.3) is 0 Å². The molecule has 1 aliphatic rings. The number of rotatable bonds is 3. The van der Waals surface area contributed by atoms with E-state index in [9.17, 15) is 0 Å². The van der Waals surface area contributed by atoms with E-state index in [2.05, 4.69) is 23.7 Å². The summed E-state index contributed by atoms with van der Waals surface area (Å²) in [5.74, 6) is 6.75. The smallest absolute Gasteiger partial charge is 0.0216 e. The van der Waals surface area contributed by atoms with Crippen LogP contribution in [0.1, 0.15) is 33.1 Å². The number of nitrogens with two attached hydrogens (primary N) is 1. The van der Waals surface area contributed by atoms with E-state index in [0.717, 1.165) is 13.0 Å². The van der Waals surface area contributed by atoms with Crippen molar-refractivity contribution in [2.45, 2.75) is 39.2 Å². The van der Waals surface area contributed by atoms with Crippen molar-refractivity contribution in [3.8, 4) is 11.8 Å². The fourth-order valence-corrected chi connectivity index (χ4v) is 2.06. The van der Waals surface area contributed by atoms with E-state index in [1.807, 2.05) is 6.92 Å². The standard InChI is InChI=1S/C12H22N2/c1-3-4-5-8-14-9-6-7-12(10-14)11(2)13/h11-12H,5-10,13H2,1-2H3. The van der Waals surface area contributed by atoms with Crippen LogP contribution in [0.2, 0.25) is 0 Å². The molecule has 1 aliphatic heterocycles. The molecule has 2 unspecified atom stereocenters. The van der Waals surface area contributed by atoms with Crippen molar-refractivity contribution in [2.24, 2.45) is 11.7 Å². The average molecular weight is 194 g/mol. The summed E-state index contributed by atoms with van der Waals surface area (Å²) in [4.78, 5) is 2.50. The highest BCUT2D eigenvalue weighted by Crippen LogP contribution is 2.18. The number of nitrogens with zero attached hydrogens (tertiary/aromatic N) is 1. The maximum absolute atomic E-state index is 5.93. The van der Waals surface area contributed by atoms with Crippen molar-refractivity contribution in [2.75, 3.05) is 19.6 Å². The maximum atomic E-state index is 5.93. The molecule has 2 heteroatoms. The molecule has 0 saturated carbocycles. The topological polar surface area (TPSA) is 29.3 Å². The van der Waals surface area contributed by atoms with Crippen molar-refractivity contribution in [3.05, 3.63) is 0 Å². The first-order valence-corrected chi connectivity index (χ1v) is 5.61. The predicted molar refractivity (Wildman–Crippen MR) is 60.9 cm³/mol. The molecule has 80 valence electrons. The van der Waals surface area contributed by atoms with Crippen molar-refractivity contribution >= 4 is 0 Å². The average Bonchev–Trinajstić information content (AvgIpc) is 2.19. The van der Waals surface area contributed by atoms with Crippen LogP contribution in [0, 0.1) is 17.8 Å². The van der Waals surface area contributed by atoms with Crippen molar-refractivity contribution < 1.29 is 0 Å². The Morgan fingerprint density at radius 2 is 2.36 bits per heavy atom. The molecule has 1 rings (SSSR count). The van der Waals surface area contributed by atoms with Gasteiger partial charge in [-0.15, -0.1) is 11.8 Å². The summed E-state index contributed by atoms with van der Waals surface area (Å²) in [5, 5.41) is 0. The third-order valence-corrected chi connectivity index (χ3v) is 3.02. The van der Waals surface area contributed by atoms with Gasteiger partial charge in [-0.25, -0.2) is 0 Å². The number of hydrogen-bond acceptors (Lipinski definition) is 2. The molecule has 0 aromatic heterocycles. The summed E-state index contributed by atoms with van der Waals surface area (Å²) in [6, 6.07) is 0.343. The Bertz CT molecular complexity index is 212. The van der Waals surface area contributed by atoms with Gasteiger partial charge in [0.1, 0.15) is 0 Å². The SMILES string of the molecule is CC#CCCN1CCCC(C(C)N)C1. The maximum Gasteiger partial charge on any atom is 0.0216 e. The van der Waals surface area contributed by atoms with Crippen LogP contribution in [0.15, 0.2) is 0 Å². The summed E-state index contributed by atoms with van der Waals surface area (Å²) in [5.41, 5.74) is 5.93. The van der Waals surface area contributed by atoms with Gasteiger partial charge in [0.05, 0.1) is 0 Å². The van der Waals surface area contributed by atoms with Gasteiger partial charge in [0.15, 0.2) is 0 Å². The molecular formula is C12H22N2. The molecule has 0 aromatic rings. The lowest BCUT2D eigenvalue weighted by atomic mass is 9.92. The van der Waals surface area contributed by atoms with Crippen LogP contribution in [0.3, 0.4) is 0 Å². The normalized spacial score (nSPS) is 25.2. The summed E-state index contributed by atoms with van der Waals surface area (Å²) < 4.78 is 0. The van der Waals surface area contributed by atoms with E-state index < -0.39 is 0 Å². The van der Waals surface area contributed by atoms with Gasteiger partial charge in [0.2, 0.25) is 0 Å². The van der Waals surface area contributed by atoms with Gasteiger partial charge in [-0.05, 0) is 39.2 Å². The van der Waals surface area contributed by atoms with Crippen LogP contribution >= 0.6 is 0 Å². The minimum atomic E-state index is 0.343. The fourth-order valence-electron chi connectivity index (χ4n) is 2.06. The molecule has 0 spiro atoms. The third-order valence-electron chi connectivity index (χ3n) is 3.02. The van der Waals surface area contributed by atoms with Crippen LogP contribution in [-0.4, -0.2) is 30.6 Å². The Labute approximate surface area is 87.8 Å². The molecule has 0 aliphatic carbocycles. The van der Waals surface area contributed by atoms with Crippen LogP contribution in [0.4, 0.5) is 0 Å². The van der Waals surface area contributed by atoms with Gasteiger partial charge in [0, 0.05) is 25.6 Å². The molecule has 0 bridgehead atoms. The third kappa shape index (κ3) is 3.69. The van der Waals surface area contributed by atoms with Crippen LogP contribution in [-0.2, 0) is 0 Å². The minimum absolute atomic E-state index is 0.343. The Hall–Kier alpha value is -0.520. The molecule has 0 radical (unpaired) electrons. The molecule has 2 nitrogen and oxygen atoms in total. The zero-order chi connectivity index (χ0) is 10.4. The lowest BCUT2D eigenvalue weighted by molar-refractivity contribution is 0.164. The van der Waals surface area contributed by atoms with Crippen molar-refractivity contribution in [1.29, 1.82) is 0 Å². The fraction of sp³-hybridized carbons (Fsp3) is 0.833. The van der Waals surface area contributed by atoms with Gasteiger partial charge in [-0.2, -0.15) is 0 Å². The quantitative estimate of drug-likeness (QED) is 0.689. The summed E-state index contributed by atoms with van der Waals surface area (Å²) >= 11 is 0. The van der Waals surface area contributed by atoms with Crippen molar-refractivity contribution in [3.63, 3.8) is 0 Å². The lowest BCUT2D eigenvalue weighted by Gasteiger charge is -2.34. The second kappa shape index (κ2) is 6.06. The molecular weight excluding hydrogens is 172 g/mol. The van der Waals surface area contributed by atoms with E-state index in [4.69, 9.17) is 5.73 Å². The van der Waals surface area contributed by atoms with E-state index in [0.29, 0.717) is 12.0 Å². The number of likely N-dealkylation sites (tertiary alicyclic amines) is 1. The molecule has 14 heavy (non-hydrogen) atoms. The summed E-state index contributed by atoms with van der Waals surface area (Å²) in [6.07, 6.45) is 3.60. The number of hydrogen-bond donors (Lipinski definition) is 1. The van der Waals surface area contributed by atoms with Crippen LogP contribution in [0.5, 0.6) is 0 Å². The van der Waals surface area contributed by atoms with E-state index in [1.54, 1.807) is 0 Å². The second-order valence-electron chi connectivity index (χ2n) is 4.24. The Balaban J connectivity index is 2.27. The second-order valence-corrected chi connectivity index (χ2v) is 4.24. The molecule has 0 aromatic carbocycles. The molecule has 2 atom stereocenters. The van der Waals surface area contributed by atoms with E-state index >= 15 is 0 Å². The van der Waals surface area contributed by atoms with E-state index in [-0.39, 0.29) is 0 Å². The molecule has 1 heterocycles. The zero-order valence-corrected chi connectivity index (χ0v) is 9.42. The van der Waals surface area contributed by atoms with Gasteiger partial charge in [-0.1, -0.05) is 0 Å². The van der Waals surface area contributed by atoms with Crippen LogP contribution < -0.4 is 5.73 Å². The molecule has 2 N–H and O–H groups in total. The largest absolute Gasteiger partial charge is 0.328 e. The predicted octanol–water partition coefficient (Wildman–Crippen LogP) is 1.46. The highest BCUT2D eigenvalue weighted by atomic mass is 15.1. The van der Waals surface area contributed by atoms with Gasteiger partial charge in [-0.3, -0.25) is 0 Å². The van der Waals surface area contributed by atoms with E-state index in [1.165, 1.54) is 25.9 Å². The first-order valence-electron chi connectivity index (χ1n) is 5.61. The van der Waals surface area contributed by atoms with Crippen molar-refractivity contribution in [1.82, 2.24) is 4.90 Å². The van der Waals surface area contributed by atoms with Gasteiger partial charge >= 0.3 is 0 Å². The number of piperidine rings is 1. The molecule has 1 saturated heterocycles. The zero-order valence-electron chi connectivity index (χ0n) is 9.42. The molecule has 1 fully saturated rings. The lowest BCUT2D eigenvalue weighted by Crippen LogP contribution is -2.42. The Morgan fingerprint density at radius 1 is 1.57 bits per heavy atom. The highest BCUT2D eigenvalue weighted by Gasteiger charge is 2.21. The molecule has 0 amide bonds.